The van der Waals surface area contributed by atoms with Crippen LogP contribution < -0.4 is 4.72 Å². The van der Waals surface area contributed by atoms with Gasteiger partial charge in [0, 0.05) is 11.2 Å². The molecule has 100 valence electrons. The van der Waals surface area contributed by atoms with E-state index >= 15 is 0 Å². The molecule has 0 fully saturated rings. The van der Waals surface area contributed by atoms with Crippen molar-refractivity contribution in [2.24, 2.45) is 0 Å². The number of sulfonamides is 1. The molecule has 0 aliphatic rings. The first-order chi connectivity index (χ1) is 9.01. The first kappa shape index (κ1) is 13.8. The molecule has 0 aliphatic heterocycles. The lowest BCUT2D eigenvalue weighted by Crippen LogP contribution is -2.14. The molecule has 2 rings (SSSR count). The Morgan fingerprint density at radius 3 is 2.63 bits per heavy atom. The number of halogens is 1. The number of nitrogens with zero attached hydrogens (tertiary/aromatic N) is 1. The van der Waals surface area contributed by atoms with Gasteiger partial charge in [0.25, 0.3) is 10.0 Å². The normalized spacial score (nSPS) is 11.3. The van der Waals surface area contributed by atoms with Gasteiger partial charge in [-0.3, -0.25) is 4.72 Å². The molecule has 0 bridgehead atoms. The second kappa shape index (κ2) is 5.56. The van der Waals surface area contributed by atoms with Crippen LogP contribution in [0.1, 0.15) is 5.56 Å². The third-order valence-corrected chi connectivity index (χ3v) is 3.86. The zero-order valence-electron chi connectivity index (χ0n) is 9.75. The first-order valence-corrected chi connectivity index (χ1v) is 7.21. The fourth-order valence-electron chi connectivity index (χ4n) is 1.42. The molecule has 0 radical (unpaired) electrons. The number of rotatable bonds is 4. The van der Waals surface area contributed by atoms with Gasteiger partial charge in [-0.1, -0.05) is 23.7 Å². The van der Waals surface area contributed by atoms with E-state index in [0.29, 0.717) is 16.3 Å². The molecule has 0 saturated heterocycles. The summed E-state index contributed by atoms with van der Waals surface area (Å²) < 4.78 is 26.4. The largest absolute Gasteiger partial charge is 0.392 e. The van der Waals surface area contributed by atoms with Crippen LogP contribution in [0, 0.1) is 0 Å². The number of nitrogens with one attached hydrogen (secondary N) is 1. The predicted molar refractivity (Wildman–Crippen MR) is 72.4 cm³/mol. The Labute approximate surface area is 115 Å². The average Bonchev–Trinajstić information content (AvgIpc) is 2.38. The fourth-order valence-corrected chi connectivity index (χ4v) is 2.59. The van der Waals surface area contributed by atoms with Gasteiger partial charge in [-0.2, -0.15) is 8.42 Å². The van der Waals surface area contributed by atoms with E-state index < -0.39 is 10.0 Å². The van der Waals surface area contributed by atoms with Crippen molar-refractivity contribution in [3.05, 3.63) is 53.2 Å². The second-order valence-electron chi connectivity index (χ2n) is 3.78. The van der Waals surface area contributed by atoms with E-state index in [1.54, 1.807) is 18.2 Å². The smallest absolute Gasteiger partial charge is 0.279 e. The van der Waals surface area contributed by atoms with Gasteiger partial charge >= 0.3 is 0 Å². The summed E-state index contributed by atoms with van der Waals surface area (Å²) in [6.07, 6.45) is 1.31. The van der Waals surface area contributed by atoms with Crippen molar-refractivity contribution < 1.29 is 13.5 Å². The molecule has 0 spiro atoms. The van der Waals surface area contributed by atoms with E-state index in [4.69, 9.17) is 16.7 Å². The van der Waals surface area contributed by atoms with E-state index in [-0.39, 0.29) is 11.6 Å². The highest BCUT2D eigenvalue weighted by Gasteiger charge is 2.15. The van der Waals surface area contributed by atoms with Crippen molar-refractivity contribution in [2.75, 3.05) is 4.72 Å². The standard InChI is InChI=1S/C12H11ClN2O3S/c13-10-2-1-3-11(6-10)15-19(17,18)12-5-4-9(8-16)7-14-12/h1-7,15-16H,8H2. The third kappa shape index (κ3) is 3.44. The minimum absolute atomic E-state index is 0.121. The number of hydrogen-bond acceptors (Lipinski definition) is 4. The van der Waals surface area contributed by atoms with Crippen LogP contribution in [0.25, 0.3) is 0 Å². The zero-order chi connectivity index (χ0) is 13.9. The molecule has 2 aromatic rings. The fraction of sp³-hybridized carbons (Fsp3) is 0.0833. The lowest BCUT2D eigenvalue weighted by molar-refractivity contribution is 0.281. The Balaban J connectivity index is 2.27. The number of benzene rings is 1. The molecule has 1 aromatic heterocycles. The van der Waals surface area contributed by atoms with Gasteiger partial charge in [-0.05, 0) is 29.8 Å². The van der Waals surface area contributed by atoms with Crippen LogP contribution in [0.4, 0.5) is 5.69 Å². The van der Waals surface area contributed by atoms with E-state index in [0.717, 1.165) is 0 Å². The summed E-state index contributed by atoms with van der Waals surface area (Å²) in [5.74, 6) is 0. The van der Waals surface area contributed by atoms with Gasteiger partial charge < -0.3 is 5.11 Å². The summed E-state index contributed by atoms with van der Waals surface area (Å²) in [5.41, 5.74) is 0.905. The molecule has 1 aromatic carbocycles. The van der Waals surface area contributed by atoms with Crippen molar-refractivity contribution in [2.45, 2.75) is 11.6 Å². The van der Waals surface area contributed by atoms with E-state index in [1.807, 2.05) is 0 Å². The number of aliphatic hydroxyl groups is 1. The van der Waals surface area contributed by atoms with Gasteiger partial charge in [0.05, 0.1) is 12.3 Å². The van der Waals surface area contributed by atoms with Gasteiger partial charge in [0.2, 0.25) is 0 Å². The van der Waals surface area contributed by atoms with Gasteiger partial charge in [-0.15, -0.1) is 0 Å². The minimum atomic E-state index is -3.76. The molecular formula is C12H11ClN2O3S. The maximum Gasteiger partial charge on any atom is 0.279 e. The predicted octanol–water partition coefficient (Wildman–Crippen LogP) is 2.03. The van der Waals surface area contributed by atoms with Crippen LogP contribution >= 0.6 is 11.6 Å². The molecule has 0 unspecified atom stereocenters. The highest BCUT2D eigenvalue weighted by atomic mass is 35.5. The summed E-state index contributed by atoms with van der Waals surface area (Å²) >= 11 is 5.78. The molecular weight excluding hydrogens is 288 g/mol. The highest BCUT2D eigenvalue weighted by Crippen LogP contribution is 2.18. The number of anilines is 1. The molecule has 0 saturated carbocycles. The molecule has 0 aliphatic carbocycles. The van der Waals surface area contributed by atoms with E-state index in [9.17, 15) is 8.42 Å². The second-order valence-corrected chi connectivity index (χ2v) is 5.84. The Morgan fingerprint density at radius 1 is 1.26 bits per heavy atom. The van der Waals surface area contributed by atoms with Crippen molar-refractivity contribution in [3.63, 3.8) is 0 Å². The summed E-state index contributed by atoms with van der Waals surface area (Å²) in [6, 6.07) is 9.21. The summed E-state index contributed by atoms with van der Waals surface area (Å²) in [4.78, 5) is 3.80. The SMILES string of the molecule is O=S(=O)(Nc1cccc(Cl)c1)c1ccc(CO)cn1. The monoisotopic (exact) mass is 298 g/mol. The van der Waals surface area contributed by atoms with Crippen LogP contribution in [-0.2, 0) is 16.6 Å². The van der Waals surface area contributed by atoms with E-state index in [2.05, 4.69) is 9.71 Å². The summed E-state index contributed by atoms with van der Waals surface area (Å²) in [5, 5.41) is 9.19. The Kier molecular flexibility index (Phi) is 4.04. The highest BCUT2D eigenvalue weighted by molar-refractivity contribution is 7.92. The van der Waals surface area contributed by atoms with Crippen molar-refractivity contribution in [1.82, 2.24) is 4.98 Å². The summed E-state index contributed by atoms with van der Waals surface area (Å²) in [7, 11) is -3.76. The van der Waals surface area contributed by atoms with Crippen LogP contribution in [0.3, 0.4) is 0 Å². The molecule has 19 heavy (non-hydrogen) atoms. The van der Waals surface area contributed by atoms with Crippen LogP contribution in [0.2, 0.25) is 5.02 Å². The summed E-state index contributed by atoms with van der Waals surface area (Å²) in [6.45, 7) is -0.185. The van der Waals surface area contributed by atoms with Crippen molar-refractivity contribution in [3.8, 4) is 0 Å². The Morgan fingerprint density at radius 2 is 2.05 bits per heavy atom. The van der Waals surface area contributed by atoms with Crippen molar-refractivity contribution >= 4 is 27.3 Å². The molecule has 0 atom stereocenters. The van der Waals surface area contributed by atoms with Crippen molar-refractivity contribution in [1.29, 1.82) is 0 Å². The lowest BCUT2D eigenvalue weighted by Gasteiger charge is -2.07. The number of aliphatic hydroxyl groups excluding tert-OH is 1. The third-order valence-electron chi connectivity index (χ3n) is 2.33. The minimum Gasteiger partial charge on any atom is -0.392 e. The number of hydrogen-bond donors (Lipinski definition) is 2. The maximum absolute atomic E-state index is 12.0. The molecule has 5 nitrogen and oxygen atoms in total. The van der Waals surface area contributed by atoms with Gasteiger partial charge in [-0.25, -0.2) is 4.98 Å². The quantitative estimate of drug-likeness (QED) is 0.905. The molecule has 0 amide bonds. The van der Waals surface area contributed by atoms with Gasteiger partial charge in [0.1, 0.15) is 0 Å². The topological polar surface area (TPSA) is 79.3 Å². The number of pyridine rings is 1. The molecule has 1 heterocycles. The Bertz CT molecular complexity index is 672. The van der Waals surface area contributed by atoms with E-state index in [1.165, 1.54) is 24.4 Å². The Hall–Kier alpha value is -1.63. The van der Waals surface area contributed by atoms with Crippen LogP contribution in [0.5, 0.6) is 0 Å². The number of aromatic nitrogens is 1. The maximum atomic E-state index is 12.0. The average molecular weight is 299 g/mol. The molecule has 7 heteroatoms. The first-order valence-electron chi connectivity index (χ1n) is 5.35. The van der Waals surface area contributed by atoms with Crippen LogP contribution in [-0.4, -0.2) is 18.5 Å². The zero-order valence-corrected chi connectivity index (χ0v) is 11.3. The molecule has 2 N–H and O–H groups in total. The van der Waals surface area contributed by atoms with Gasteiger partial charge in [0.15, 0.2) is 5.03 Å². The lowest BCUT2D eigenvalue weighted by atomic mass is 10.3. The van der Waals surface area contributed by atoms with Crippen LogP contribution in [0.15, 0.2) is 47.6 Å².